The van der Waals surface area contributed by atoms with Crippen molar-refractivity contribution >= 4 is 37.3 Å². The molecule has 0 N–H and O–H groups in total. The molecule has 0 aromatic carbocycles. The minimum atomic E-state index is -3.30. The molecule has 0 radical (unpaired) electrons. The van der Waals surface area contributed by atoms with Crippen LogP contribution in [0.4, 0.5) is 0 Å². The van der Waals surface area contributed by atoms with Gasteiger partial charge in [0.2, 0.25) is 0 Å². The van der Waals surface area contributed by atoms with Gasteiger partial charge in [-0.1, -0.05) is 13.3 Å². The number of sulfonamides is 1. The summed E-state index contributed by atoms with van der Waals surface area (Å²) in [6, 6.07) is 1.77. The summed E-state index contributed by atoms with van der Waals surface area (Å²) in [7, 11) is -3.30. The Morgan fingerprint density at radius 3 is 2.74 bits per heavy atom. The van der Waals surface area contributed by atoms with Gasteiger partial charge in [-0.05, 0) is 59.7 Å². The van der Waals surface area contributed by atoms with Crippen LogP contribution < -0.4 is 0 Å². The molecule has 2 heterocycles. The highest BCUT2D eigenvalue weighted by Gasteiger charge is 2.28. The first-order valence-corrected chi connectivity index (χ1v) is 9.76. The number of nitrogens with zero attached hydrogens (tertiary/aromatic N) is 1. The molecule has 1 aliphatic heterocycles. The van der Waals surface area contributed by atoms with E-state index in [1.807, 2.05) is 6.92 Å². The van der Waals surface area contributed by atoms with Crippen LogP contribution >= 0.6 is 27.3 Å². The van der Waals surface area contributed by atoms with Crippen LogP contribution in [0, 0.1) is 12.8 Å². The molecule has 1 unspecified atom stereocenters. The van der Waals surface area contributed by atoms with E-state index < -0.39 is 10.0 Å². The normalized spacial score (nSPS) is 22.4. The fraction of sp³-hybridized carbons (Fsp3) is 0.692. The lowest BCUT2D eigenvalue weighted by atomic mass is 9.98. The standard InChI is InChI=1S/C13H20BrNO2S2/c1-3-11-5-4-7-15(8-6-11)19(16,17)12-9-10(2)13(14)18-12/h9,11H,3-8H2,1-2H3. The third-order valence-electron chi connectivity index (χ3n) is 3.81. The van der Waals surface area contributed by atoms with E-state index in [2.05, 4.69) is 22.9 Å². The molecule has 1 aromatic rings. The molecule has 1 atom stereocenters. The van der Waals surface area contributed by atoms with Gasteiger partial charge in [0.15, 0.2) is 0 Å². The molecule has 0 spiro atoms. The zero-order chi connectivity index (χ0) is 14.0. The lowest BCUT2D eigenvalue weighted by Gasteiger charge is -2.19. The lowest BCUT2D eigenvalue weighted by molar-refractivity contribution is 0.408. The van der Waals surface area contributed by atoms with Crippen LogP contribution in [0.1, 0.15) is 38.2 Å². The van der Waals surface area contributed by atoms with Crippen molar-refractivity contribution < 1.29 is 8.42 Å². The fourth-order valence-electron chi connectivity index (χ4n) is 2.47. The summed E-state index contributed by atoms with van der Waals surface area (Å²) in [5.41, 5.74) is 0.991. The molecule has 1 saturated heterocycles. The second-order valence-electron chi connectivity index (χ2n) is 5.13. The molecule has 108 valence electrons. The Labute approximate surface area is 128 Å². The summed E-state index contributed by atoms with van der Waals surface area (Å²) in [5.74, 6) is 0.678. The van der Waals surface area contributed by atoms with E-state index in [0.717, 1.165) is 35.0 Å². The van der Waals surface area contributed by atoms with Gasteiger partial charge in [-0.2, -0.15) is 4.31 Å². The van der Waals surface area contributed by atoms with Crippen LogP contribution in [0.5, 0.6) is 0 Å². The van der Waals surface area contributed by atoms with E-state index in [4.69, 9.17) is 0 Å². The van der Waals surface area contributed by atoms with Crippen LogP contribution in [0.15, 0.2) is 14.1 Å². The Kier molecular flexibility index (Phi) is 5.09. The molecule has 0 saturated carbocycles. The third kappa shape index (κ3) is 3.40. The van der Waals surface area contributed by atoms with Crippen molar-refractivity contribution in [2.75, 3.05) is 13.1 Å². The van der Waals surface area contributed by atoms with Crippen LogP contribution in [-0.4, -0.2) is 25.8 Å². The minimum Gasteiger partial charge on any atom is -0.206 e. The molecule has 1 aromatic heterocycles. The lowest BCUT2D eigenvalue weighted by Crippen LogP contribution is -2.31. The number of hydrogen-bond donors (Lipinski definition) is 0. The van der Waals surface area contributed by atoms with Gasteiger partial charge >= 0.3 is 0 Å². The minimum absolute atomic E-state index is 0.465. The molecule has 0 aliphatic carbocycles. The summed E-state index contributed by atoms with van der Waals surface area (Å²) in [6.45, 7) is 5.44. The van der Waals surface area contributed by atoms with Crippen LogP contribution in [0.25, 0.3) is 0 Å². The summed E-state index contributed by atoms with van der Waals surface area (Å²) in [5, 5.41) is 0. The van der Waals surface area contributed by atoms with Crippen molar-refractivity contribution in [2.24, 2.45) is 5.92 Å². The maximum atomic E-state index is 12.6. The fourth-order valence-corrected chi connectivity index (χ4v) is 6.35. The molecule has 0 bridgehead atoms. The molecule has 3 nitrogen and oxygen atoms in total. The first-order valence-electron chi connectivity index (χ1n) is 6.71. The number of aryl methyl sites for hydroxylation is 1. The van der Waals surface area contributed by atoms with E-state index in [9.17, 15) is 8.42 Å². The molecule has 6 heteroatoms. The monoisotopic (exact) mass is 365 g/mol. The zero-order valence-corrected chi connectivity index (χ0v) is 14.6. The molecular weight excluding hydrogens is 346 g/mol. The molecule has 0 amide bonds. The second kappa shape index (κ2) is 6.24. The van der Waals surface area contributed by atoms with Crippen molar-refractivity contribution in [2.45, 2.75) is 43.7 Å². The van der Waals surface area contributed by atoms with Crippen LogP contribution in [0.3, 0.4) is 0 Å². The first-order chi connectivity index (χ1) is 8.95. The van der Waals surface area contributed by atoms with Gasteiger partial charge in [0.25, 0.3) is 10.0 Å². The van der Waals surface area contributed by atoms with Crippen molar-refractivity contribution in [1.82, 2.24) is 4.31 Å². The first kappa shape index (κ1) is 15.5. The Morgan fingerprint density at radius 2 is 2.16 bits per heavy atom. The maximum absolute atomic E-state index is 12.6. The van der Waals surface area contributed by atoms with E-state index in [-0.39, 0.29) is 0 Å². The molecular formula is C13H20BrNO2S2. The van der Waals surface area contributed by atoms with Crippen molar-refractivity contribution in [3.05, 3.63) is 15.4 Å². The van der Waals surface area contributed by atoms with Crippen molar-refractivity contribution in [3.8, 4) is 0 Å². The van der Waals surface area contributed by atoms with E-state index in [1.54, 1.807) is 10.4 Å². The van der Waals surface area contributed by atoms with E-state index >= 15 is 0 Å². The van der Waals surface area contributed by atoms with Crippen LogP contribution in [0.2, 0.25) is 0 Å². The Balaban J connectivity index is 2.20. The van der Waals surface area contributed by atoms with Gasteiger partial charge in [-0.3, -0.25) is 0 Å². The number of hydrogen-bond acceptors (Lipinski definition) is 3. The Hall–Kier alpha value is 0.0900. The second-order valence-corrected chi connectivity index (χ2v) is 9.67. The maximum Gasteiger partial charge on any atom is 0.252 e. The van der Waals surface area contributed by atoms with E-state index in [0.29, 0.717) is 23.2 Å². The number of thiophene rings is 1. The molecule has 1 aliphatic rings. The Bertz CT molecular complexity index is 519. The molecule has 19 heavy (non-hydrogen) atoms. The highest BCUT2D eigenvalue weighted by Crippen LogP contribution is 2.33. The van der Waals surface area contributed by atoms with Gasteiger partial charge in [0.05, 0.1) is 3.79 Å². The highest BCUT2D eigenvalue weighted by molar-refractivity contribution is 9.11. The Morgan fingerprint density at radius 1 is 1.42 bits per heavy atom. The number of halogens is 1. The molecule has 1 fully saturated rings. The van der Waals surface area contributed by atoms with Crippen molar-refractivity contribution in [1.29, 1.82) is 0 Å². The molecule has 2 rings (SSSR count). The quantitative estimate of drug-likeness (QED) is 0.810. The highest BCUT2D eigenvalue weighted by atomic mass is 79.9. The predicted molar refractivity (Wildman–Crippen MR) is 83.1 cm³/mol. The average molecular weight is 366 g/mol. The topological polar surface area (TPSA) is 37.4 Å². The average Bonchev–Trinajstić information content (AvgIpc) is 2.61. The van der Waals surface area contributed by atoms with Crippen LogP contribution in [-0.2, 0) is 10.0 Å². The zero-order valence-electron chi connectivity index (χ0n) is 11.4. The summed E-state index contributed by atoms with van der Waals surface area (Å²) in [4.78, 5) is 0. The van der Waals surface area contributed by atoms with Gasteiger partial charge in [0, 0.05) is 13.1 Å². The predicted octanol–water partition coefficient (Wildman–Crippen LogP) is 4.02. The van der Waals surface area contributed by atoms with Gasteiger partial charge < -0.3 is 0 Å². The smallest absolute Gasteiger partial charge is 0.206 e. The summed E-state index contributed by atoms with van der Waals surface area (Å²) >= 11 is 4.72. The SMILES string of the molecule is CCC1CCCN(S(=O)(=O)c2cc(C)c(Br)s2)CC1. The van der Waals surface area contributed by atoms with Gasteiger partial charge in [0.1, 0.15) is 4.21 Å². The number of rotatable bonds is 3. The summed E-state index contributed by atoms with van der Waals surface area (Å²) in [6.07, 6.45) is 4.26. The van der Waals surface area contributed by atoms with Gasteiger partial charge in [-0.15, -0.1) is 11.3 Å². The largest absolute Gasteiger partial charge is 0.252 e. The third-order valence-corrected chi connectivity index (χ3v) is 8.30. The summed E-state index contributed by atoms with van der Waals surface area (Å²) < 4.78 is 28.3. The van der Waals surface area contributed by atoms with E-state index in [1.165, 1.54) is 11.3 Å². The van der Waals surface area contributed by atoms with Crippen molar-refractivity contribution in [3.63, 3.8) is 0 Å². The van der Waals surface area contributed by atoms with Gasteiger partial charge in [-0.25, -0.2) is 8.42 Å².